The Hall–Kier alpha value is -13.9. The van der Waals surface area contributed by atoms with Gasteiger partial charge >= 0.3 is 7.12 Å². The van der Waals surface area contributed by atoms with Crippen LogP contribution in [0.4, 0.5) is 0 Å². The van der Waals surface area contributed by atoms with Crippen LogP contribution in [-0.4, -0.2) is 48.2 Å². The third-order valence-corrected chi connectivity index (χ3v) is 24.8. The maximum absolute atomic E-state index is 6.56. The second kappa shape index (κ2) is 28.8. The van der Waals surface area contributed by atoms with Crippen LogP contribution in [0.1, 0.15) is 72.2 Å². The molecule has 562 valence electrons. The Bertz CT molecular complexity index is 6930. The molecule has 0 unspecified atom stereocenters. The van der Waals surface area contributed by atoms with E-state index in [1.54, 1.807) is 0 Å². The first-order chi connectivity index (χ1) is 57.9. The highest BCUT2D eigenvalue weighted by atomic mass is 79.9. The van der Waals surface area contributed by atoms with E-state index >= 15 is 0 Å². The average molecular weight is 1590 g/mol. The van der Waals surface area contributed by atoms with Gasteiger partial charge in [0, 0.05) is 65.7 Å². The lowest BCUT2D eigenvalue weighted by Crippen LogP contribution is -2.41. The van der Waals surface area contributed by atoms with E-state index in [1.807, 2.05) is 103 Å². The predicted molar refractivity (Wildman–Crippen MR) is 477 cm³/mol. The molecule has 0 radical (unpaired) electrons. The summed E-state index contributed by atoms with van der Waals surface area (Å²) in [6.45, 7) is 8.24. The minimum atomic E-state index is -0.529. The molecule has 2 aliphatic carbocycles. The predicted octanol–water partition coefficient (Wildman–Crippen LogP) is 25.4. The van der Waals surface area contributed by atoms with Crippen molar-refractivity contribution in [2.24, 2.45) is 0 Å². The first-order valence-electron chi connectivity index (χ1n) is 39.9. The molecule has 1 fully saturated rings. The molecule has 2 spiro atoms. The first kappa shape index (κ1) is 71.9. The lowest BCUT2D eigenvalue weighted by Gasteiger charge is -2.39. The van der Waals surface area contributed by atoms with Gasteiger partial charge in [-0.3, -0.25) is 0 Å². The number of ether oxygens (including phenoxy) is 2. The molecule has 5 heterocycles. The summed E-state index contributed by atoms with van der Waals surface area (Å²) in [4.78, 5) is 29.9. The molecule has 2 aromatic heterocycles. The smallest absolute Gasteiger partial charge is 0.457 e. The fraction of sp³-hybridized carbons (Fsp3) is 0.0755. The van der Waals surface area contributed by atoms with Gasteiger partial charge in [-0.15, -0.1) is 0 Å². The maximum Gasteiger partial charge on any atom is 0.494 e. The van der Waals surface area contributed by atoms with Crippen molar-refractivity contribution in [3.05, 3.63) is 425 Å². The summed E-state index contributed by atoms with van der Waals surface area (Å²) in [6.07, 6.45) is 0. The summed E-state index contributed by atoms with van der Waals surface area (Å²) in [6, 6.07) is 131. The van der Waals surface area contributed by atoms with Gasteiger partial charge in [-0.25, -0.2) is 29.9 Å². The second-order valence-corrected chi connectivity index (χ2v) is 32.3. The molecule has 0 N–H and O–H groups in total. The zero-order chi connectivity index (χ0) is 79.3. The number of hydrogen-bond donors (Lipinski definition) is 0. The number of aromatic nitrogens is 6. The van der Waals surface area contributed by atoms with Gasteiger partial charge in [-0.2, -0.15) is 0 Å². The normalized spacial score (nSPS) is 14.5. The number of nitrogens with zero attached hydrogens (tertiary/aromatic N) is 6. The highest BCUT2D eigenvalue weighted by molar-refractivity contribution is 9.10. The van der Waals surface area contributed by atoms with E-state index in [-0.39, 0.29) is 5.41 Å². The van der Waals surface area contributed by atoms with E-state index in [2.05, 4.69) is 317 Å². The summed E-state index contributed by atoms with van der Waals surface area (Å²) in [5.41, 5.74) is 21.9. The van der Waals surface area contributed by atoms with Crippen molar-refractivity contribution < 1.29 is 18.8 Å². The van der Waals surface area contributed by atoms with Crippen LogP contribution in [0.5, 0.6) is 23.0 Å². The molecule has 3 aliphatic heterocycles. The number of para-hydroxylation sites is 4. The van der Waals surface area contributed by atoms with Crippen molar-refractivity contribution in [2.75, 3.05) is 0 Å². The van der Waals surface area contributed by atoms with Gasteiger partial charge in [0.15, 0.2) is 34.9 Å². The van der Waals surface area contributed by atoms with Crippen molar-refractivity contribution in [2.45, 2.75) is 49.7 Å². The Morgan fingerprint density at radius 3 is 1.02 bits per heavy atom. The second-order valence-electron chi connectivity index (χ2n) is 31.4. The van der Waals surface area contributed by atoms with Crippen LogP contribution in [0.3, 0.4) is 0 Å². The lowest BCUT2D eigenvalue weighted by molar-refractivity contribution is 0.00578. The zero-order valence-corrected chi connectivity index (χ0v) is 66.7. The Morgan fingerprint density at radius 2 is 0.551 bits per heavy atom. The minimum absolute atomic E-state index is 0.360. The highest BCUT2D eigenvalue weighted by Gasteiger charge is 2.54. The number of fused-ring (bicyclic) bond motifs is 20. The quantitative estimate of drug-likeness (QED) is 0.136. The summed E-state index contributed by atoms with van der Waals surface area (Å²) >= 11 is 3.82. The van der Waals surface area contributed by atoms with Crippen LogP contribution in [-0.2, 0) is 20.1 Å². The van der Waals surface area contributed by atoms with Gasteiger partial charge in [-0.05, 0) is 153 Å². The maximum atomic E-state index is 6.56. The standard InChI is InChI=1S/C50H31N3O.C31H28BN3O2.C25H15BrO/c1-2-15-33(16-3-1)47-51-48(53-49(52-47)37-29-28-32-14-4-5-17-34(32)30-37)36-19-12-18-35(31-36)38-21-13-25-43-46(38)39-20-6-7-22-40(39)50(43)41-23-8-10-26-44(41)54-45-27-11-9-24-42(45)50;1-30(2)31(3,4)37-32(36-30)26-16-10-15-24(20-26)28-33-27(22-12-6-5-7-13-22)34-29(35-28)25-18-17-21-11-8-9-14-23(21)19-25;26-21-13-7-12-20-24(21)16-8-1-2-9-17(16)25(20)18-10-3-5-14-22(18)27-23-15-6-4-11-19(23)25/h1-31H;5-20H,1-4H3;1-15H. The summed E-state index contributed by atoms with van der Waals surface area (Å²) in [7, 11) is -0.458. The Morgan fingerprint density at radius 1 is 0.237 bits per heavy atom. The molecular weight excluding hydrogens is 1510 g/mol. The number of rotatable bonds is 8. The summed E-state index contributed by atoms with van der Waals surface area (Å²) in [5.74, 6) is 7.42. The van der Waals surface area contributed by atoms with E-state index in [4.69, 9.17) is 48.7 Å². The lowest BCUT2D eigenvalue weighted by atomic mass is 9.66. The third-order valence-electron chi connectivity index (χ3n) is 24.1. The Kier molecular flexibility index (Phi) is 17.6. The average Bonchev–Trinajstić information content (AvgIpc) is 1.52. The highest BCUT2D eigenvalue weighted by Crippen LogP contribution is 2.65. The largest absolute Gasteiger partial charge is 0.494 e. The van der Waals surface area contributed by atoms with Crippen LogP contribution in [0.25, 0.3) is 123 Å². The number of halogens is 1. The van der Waals surface area contributed by atoms with E-state index in [9.17, 15) is 0 Å². The molecule has 1 saturated heterocycles. The fourth-order valence-corrected chi connectivity index (χ4v) is 18.6. The van der Waals surface area contributed by atoms with Gasteiger partial charge in [0.1, 0.15) is 23.0 Å². The van der Waals surface area contributed by atoms with Crippen molar-refractivity contribution in [1.29, 1.82) is 0 Å². The number of benzene rings is 16. The van der Waals surface area contributed by atoms with Crippen LogP contribution in [0.15, 0.2) is 381 Å². The van der Waals surface area contributed by atoms with Crippen LogP contribution < -0.4 is 14.9 Å². The van der Waals surface area contributed by atoms with E-state index < -0.39 is 23.7 Å². The Balaban J connectivity index is 0.000000117. The molecule has 16 aromatic carbocycles. The zero-order valence-electron chi connectivity index (χ0n) is 65.1. The molecule has 0 saturated carbocycles. The molecule has 5 aliphatic rings. The Labute approximate surface area is 693 Å². The van der Waals surface area contributed by atoms with Crippen molar-refractivity contribution in [1.82, 2.24) is 29.9 Å². The van der Waals surface area contributed by atoms with E-state index in [0.717, 1.165) is 99.3 Å². The van der Waals surface area contributed by atoms with Crippen LogP contribution in [0.2, 0.25) is 0 Å². The molecule has 10 nitrogen and oxygen atoms in total. The molecule has 0 bridgehead atoms. The molecule has 118 heavy (non-hydrogen) atoms. The van der Waals surface area contributed by atoms with Gasteiger partial charge < -0.3 is 18.8 Å². The van der Waals surface area contributed by atoms with Gasteiger partial charge in [0.25, 0.3) is 0 Å². The van der Waals surface area contributed by atoms with Crippen molar-refractivity contribution >= 4 is 50.1 Å². The summed E-state index contributed by atoms with van der Waals surface area (Å²) in [5, 5.41) is 4.65. The monoisotopic (exact) mass is 1580 g/mol. The fourth-order valence-electron chi connectivity index (χ4n) is 18.0. The third kappa shape index (κ3) is 12.0. The van der Waals surface area contributed by atoms with Gasteiger partial charge in [-0.1, -0.05) is 344 Å². The van der Waals surface area contributed by atoms with Gasteiger partial charge in [0.05, 0.1) is 22.0 Å². The minimum Gasteiger partial charge on any atom is -0.457 e. The first-order valence-corrected chi connectivity index (χ1v) is 40.7. The van der Waals surface area contributed by atoms with Gasteiger partial charge in [0.2, 0.25) is 0 Å². The molecule has 0 amide bonds. The molecule has 18 aromatic rings. The van der Waals surface area contributed by atoms with Crippen molar-refractivity contribution in [3.8, 4) is 125 Å². The van der Waals surface area contributed by atoms with Crippen LogP contribution >= 0.6 is 15.9 Å². The summed E-state index contributed by atoms with van der Waals surface area (Å²) < 4.78 is 26.6. The van der Waals surface area contributed by atoms with Crippen LogP contribution in [0, 0.1) is 0 Å². The topological polar surface area (TPSA) is 114 Å². The molecular formula is C106H74BBrN6O4. The van der Waals surface area contributed by atoms with E-state index in [0.29, 0.717) is 34.9 Å². The van der Waals surface area contributed by atoms with Crippen molar-refractivity contribution in [3.63, 3.8) is 0 Å². The van der Waals surface area contributed by atoms with E-state index in [1.165, 1.54) is 66.4 Å². The molecule has 0 atom stereocenters. The number of hydrogen-bond acceptors (Lipinski definition) is 10. The molecule has 23 rings (SSSR count). The SMILES string of the molecule is Brc1cccc2c1-c1ccccc1C21c2ccccc2Oc2ccccc21.CC1(C)OB(c2cccc(-c3nc(-c4ccccc4)nc(-c4ccc5ccccc5c4)n3)c2)OC1(C)C.c1ccc(-c2nc(-c3cccc(-c4cccc5c4-c4ccccc4C54c5ccccc5Oc5ccccc54)c3)nc(-c3ccc4ccccc4c3)n2)cc1. The molecule has 12 heteroatoms.